The van der Waals surface area contributed by atoms with Crippen molar-refractivity contribution in [1.29, 1.82) is 0 Å². The zero-order chi connectivity index (χ0) is 21.2. The Labute approximate surface area is 180 Å². The Morgan fingerprint density at radius 1 is 1.10 bits per heavy atom. The smallest absolute Gasteiger partial charge is 0.230 e. The minimum atomic E-state index is -0.0743. The van der Waals surface area contributed by atoms with Crippen LogP contribution in [0.5, 0.6) is 5.88 Å². The van der Waals surface area contributed by atoms with Crippen LogP contribution >= 0.6 is 0 Å². The SMILES string of the molecule is Cc1cccc(OC2CC(c3cc(NC(=O)Cc4cccc5ccccc45)n[nH]3)C2)n1. The molecule has 1 amide bonds. The molecule has 1 fully saturated rings. The number of aromatic amines is 1. The van der Waals surface area contributed by atoms with Crippen LogP contribution in [0.3, 0.4) is 0 Å². The standard InChI is InChI=1S/C25H24N4O2/c1-16-6-4-11-25(26-16)31-20-12-19(13-20)22-15-23(29-28-22)27-24(30)14-18-9-5-8-17-7-2-3-10-21(17)18/h2-11,15,19-20H,12-14H2,1H3,(H2,27,28,29,30). The molecule has 4 aromatic rings. The highest BCUT2D eigenvalue weighted by Gasteiger charge is 2.33. The van der Waals surface area contributed by atoms with Crippen LogP contribution in [0.1, 0.15) is 35.7 Å². The maximum absolute atomic E-state index is 12.6. The van der Waals surface area contributed by atoms with Gasteiger partial charge in [0.25, 0.3) is 0 Å². The first-order valence-corrected chi connectivity index (χ1v) is 10.6. The van der Waals surface area contributed by atoms with Crippen molar-refractivity contribution >= 4 is 22.5 Å². The van der Waals surface area contributed by atoms with Crippen molar-refractivity contribution in [2.45, 2.75) is 38.2 Å². The van der Waals surface area contributed by atoms with E-state index in [-0.39, 0.29) is 12.0 Å². The summed E-state index contributed by atoms with van der Waals surface area (Å²) in [5, 5.41) is 12.5. The van der Waals surface area contributed by atoms with Gasteiger partial charge in [-0.1, -0.05) is 48.5 Å². The Balaban J connectivity index is 1.16. The van der Waals surface area contributed by atoms with E-state index in [0.717, 1.165) is 40.6 Å². The first-order valence-electron chi connectivity index (χ1n) is 10.6. The summed E-state index contributed by atoms with van der Waals surface area (Å²) in [4.78, 5) is 17.0. The molecular weight excluding hydrogens is 388 g/mol. The van der Waals surface area contributed by atoms with E-state index in [9.17, 15) is 4.79 Å². The van der Waals surface area contributed by atoms with Crippen LogP contribution in [0, 0.1) is 6.92 Å². The highest BCUT2D eigenvalue weighted by atomic mass is 16.5. The van der Waals surface area contributed by atoms with Gasteiger partial charge >= 0.3 is 0 Å². The lowest BCUT2D eigenvalue weighted by molar-refractivity contribution is -0.115. The van der Waals surface area contributed by atoms with E-state index in [1.807, 2.05) is 61.5 Å². The van der Waals surface area contributed by atoms with E-state index in [2.05, 4.69) is 32.6 Å². The summed E-state index contributed by atoms with van der Waals surface area (Å²) < 4.78 is 5.94. The van der Waals surface area contributed by atoms with Crippen LogP contribution in [0.2, 0.25) is 0 Å². The molecule has 6 heteroatoms. The molecule has 0 saturated heterocycles. The molecule has 0 bridgehead atoms. The molecule has 5 rings (SSSR count). The molecule has 156 valence electrons. The average molecular weight is 412 g/mol. The van der Waals surface area contributed by atoms with Crippen LogP contribution in [-0.2, 0) is 11.2 Å². The van der Waals surface area contributed by atoms with Gasteiger partial charge in [0.15, 0.2) is 5.82 Å². The fourth-order valence-corrected chi connectivity index (χ4v) is 4.09. The lowest BCUT2D eigenvalue weighted by atomic mass is 9.80. The molecule has 6 nitrogen and oxygen atoms in total. The Morgan fingerprint density at radius 3 is 2.77 bits per heavy atom. The third kappa shape index (κ3) is 4.28. The molecule has 0 radical (unpaired) electrons. The summed E-state index contributed by atoms with van der Waals surface area (Å²) in [6, 6.07) is 21.9. The van der Waals surface area contributed by atoms with Crippen molar-refractivity contribution in [3.63, 3.8) is 0 Å². The number of amides is 1. The number of aromatic nitrogens is 3. The van der Waals surface area contributed by atoms with E-state index >= 15 is 0 Å². The molecule has 2 heterocycles. The van der Waals surface area contributed by atoms with Gasteiger partial charge in [-0.05, 0) is 42.2 Å². The van der Waals surface area contributed by atoms with Crippen molar-refractivity contribution in [2.24, 2.45) is 0 Å². The van der Waals surface area contributed by atoms with E-state index in [4.69, 9.17) is 4.74 Å². The van der Waals surface area contributed by atoms with Gasteiger partial charge in [0.2, 0.25) is 11.8 Å². The lowest BCUT2D eigenvalue weighted by Crippen LogP contribution is -2.32. The molecule has 0 unspecified atom stereocenters. The first kappa shape index (κ1) is 19.3. The number of pyridine rings is 1. The Bertz CT molecular complexity index is 1220. The second-order valence-corrected chi connectivity index (χ2v) is 8.10. The Morgan fingerprint density at radius 2 is 1.90 bits per heavy atom. The van der Waals surface area contributed by atoms with Gasteiger partial charge in [-0.25, -0.2) is 4.98 Å². The summed E-state index contributed by atoms with van der Waals surface area (Å²) in [5.41, 5.74) is 2.98. The Kier molecular flexibility index (Phi) is 5.12. The number of H-pyrrole nitrogens is 1. The highest BCUT2D eigenvalue weighted by molar-refractivity contribution is 5.95. The first-order chi connectivity index (χ1) is 15.1. The number of anilines is 1. The third-order valence-corrected chi connectivity index (χ3v) is 5.78. The number of hydrogen-bond acceptors (Lipinski definition) is 4. The lowest BCUT2D eigenvalue weighted by Gasteiger charge is -2.34. The number of rotatable bonds is 6. The molecule has 0 spiro atoms. The molecule has 2 aromatic heterocycles. The summed E-state index contributed by atoms with van der Waals surface area (Å²) in [7, 11) is 0. The molecule has 31 heavy (non-hydrogen) atoms. The topological polar surface area (TPSA) is 79.9 Å². The van der Waals surface area contributed by atoms with Crippen molar-refractivity contribution in [1.82, 2.24) is 15.2 Å². The minimum Gasteiger partial charge on any atom is -0.474 e. The zero-order valence-electron chi connectivity index (χ0n) is 17.3. The second kappa shape index (κ2) is 8.22. The number of carbonyl (C=O) groups excluding carboxylic acids is 1. The fraction of sp³-hybridized carbons (Fsp3) is 0.240. The van der Waals surface area contributed by atoms with Crippen molar-refractivity contribution in [3.8, 4) is 5.88 Å². The van der Waals surface area contributed by atoms with Crippen molar-refractivity contribution in [2.75, 3.05) is 5.32 Å². The van der Waals surface area contributed by atoms with Crippen LogP contribution in [0.15, 0.2) is 66.7 Å². The van der Waals surface area contributed by atoms with Crippen molar-refractivity contribution in [3.05, 3.63) is 83.7 Å². The van der Waals surface area contributed by atoms with E-state index in [1.54, 1.807) is 0 Å². The van der Waals surface area contributed by atoms with Gasteiger partial charge in [0, 0.05) is 29.4 Å². The third-order valence-electron chi connectivity index (χ3n) is 5.78. The fourth-order valence-electron chi connectivity index (χ4n) is 4.09. The molecule has 0 atom stereocenters. The zero-order valence-corrected chi connectivity index (χ0v) is 17.3. The number of nitrogens with zero attached hydrogens (tertiary/aromatic N) is 2. The highest BCUT2D eigenvalue weighted by Crippen LogP contribution is 2.38. The normalized spacial score (nSPS) is 17.8. The van der Waals surface area contributed by atoms with E-state index in [0.29, 0.717) is 24.0 Å². The summed E-state index contributed by atoms with van der Waals surface area (Å²) in [6.45, 7) is 1.96. The number of fused-ring (bicyclic) bond motifs is 1. The molecule has 0 aliphatic heterocycles. The number of ether oxygens (including phenoxy) is 1. The summed E-state index contributed by atoms with van der Waals surface area (Å²) >= 11 is 0. The van der Waals surface area contributed by atoms with Crippen LogP contribution in [0.4, 0.5) is 5.82 Å². The van der Waals surface area contributed by atoms with Gasteiger partial charge in [0.05, 0.1) is 6.42 Å². The summed E-state index contributed by atoms with van der Waals surface area (Å²) in [6.07, 6.45) is 2.28. The largest absolute Gasteiger partial charge is 0.474 e. The number of benzene rings is 2. The predicted molar refractivity (Wildman–Crippen MR) is 120 cm³/mol. The molecular formula is C25H24N4O2. The monoisotopic (exact) mass is 412 g/mol. The molecule has 1 aliphatic carbocycles. The molecule has 1 saturated carbocycles. The quantitative estimate of drug-likeness (QED) is 0.478. The van der Waals surface area contributed by atoms with E-state index in [1.165, 1.54) is 0 Å². The van der Waals surface area contributed by atoms with Gasteiger partial charge in [0.1, 0.15) is 6.10 Å². The Hall–Kier alpha value is -3.67. The number of carbonyl (C=O) groups is 1. The van der Waals surface area contributed by atoms with Gasteiger partial charge < -0.3 is 10.1 Å². The van der Waals surface area contributed by atoms with Gasteiger partial charge in [-0.3, -0.25) is 9.89 Å². The molecule has 2 aromatic carbocycles. The van der Waals surface area contributed by atoms with Gasteiger partial charge in [-0.2, -0.15) is 5.10 Å². The number of aryl methyl sites for hydroxylation is 1. The maximum atomic E-state index is 12.6. The number of hydrogen-bond donors (Lipinski definition) is 2. The maximum Gasteiger partial charge on any atom is 0.230 e. The predicted octanol–water partition coefficient (Wildman–Crippen LogP) is 4.77. The minimum absolute atomic E-state index is 0.0743. The molecule has 1 aliphatic rings. The van der Waals surface area contributed by atoms with Gasteiger partial charge in [-0.15, -0.1) is 0 Å². The van der Waals surface area contributed by atoms with Crippen LogP contribution in [0.25, 0.3) is 10.8 Å². The van der Waals surface area contributed by atoms with Crippen LogP contribution < -0.4 is 10.1 Å². The van der Waals surface area contributed by atoms with Crippen LogP contribution in [-0.4, -0.2) is 27.2 Å². The van der Waals surface area contributed by atoms with E-state index < -0.39 is 0 Å². The second-order valence-electron chi connectivity index (χ2n) is 8.10. The average Bonchev–Trinajstić information content (AvgIpc) is 3.18. The molecule has 2 N–H and O–H groups in total. The number of nitrogens with one attached hydrogen (secondary N) is 2. The summed E-state index contributed by atoms with van der Waals surface area (Å²) in [5.74, 6) is 1.51. The van der Waals surface area contributed by atoms with Crippen molar-refractivity contribution < 1.29 is 9.53 Å².